The van der Waals surface area contributed by atoms with Gasteiger partial charge >= 0.3 is 11.9 Å². The van der Waals surface area contributed by atoms with Crippen molar-refractivity contribution in [2.24, 2.45) is 0 Å². The Kier molecular flexibility index (Phi) is 5.21. The molecule has 0 atom stereocenters. The number of aromatic nitrogens is 1. The molecule has 146 valence electrons. The molecule has 0 saturated carbocycles. The zero-order valence-corrected chi connectivity index (χ0v) is 15.3. The molecule has 2 aromatic carbocycles. The summed E-state index contributed by atoms with van der Waals surface area (Å²) in [6, 6.07) is 11.5. The minimum Gasteiger partial charge on any atom is -0.733 e. The van der Waals surface area contributed by atoms with Crippen molar-refractivity contribution < 1.29 is 29.1 Å². The van der Waals surface area contributed by atoms with Gasteiger partial charge in [-0.3, -0.25) is 10.0 Å². The number of hydrogen-bond acceptors (Lipinski definition) is 8. The lowest BCUT2D eigenvalue weighted by atomic mass is 10.1. The van der Waals surface area contributed by atoms with Gasteiger partial charge in [-0.1, -0.05) is 30.3 Å². The maximum Gasteiger partial charge on any atom is 0.329 e. The second-order valence-electron chi connectivity index (χ2n) is 5.83. The van der Waals surface area contributed by atoms with Gasteiger partial charge in [-0.25, -0.2) is 4.79 Å². The van der Waals surface area contributed by atoms with Crippen LogP contribution >= 0.6 is 0 Å². The van der Waals surface area contributed by atoms with Crippen LogP contribution < -0.4 is 19.5 Å². The lowest BCUT2D eigenvalue weighted by molar-refractivity contribution is -0.140. The van der Waals surface area contributed by atoms with E-state index in [1.807, 2.05) is 0 Å². The summed E-state index contributed by atoms with van der Waals surface area (Å²) in [6.07, 6.45) is 0. The van der Waals surface area contributed by atoms with Crippen LogP contribution in [0.4, 0.5) is 5.69 Å². The first-order valence-electron chi connectivity index (χ1n) is 8.18. The Hall–Kier alpha value is -3.56. The number of fused-ring (bicyclic) bond motifs is 1. The predicted octanol–water partition coefficient (Wildman–Crippen LogP) is 2.91. The van der Waals surface area contributed by atoms with E-state index in [1.54, 1.807) is 30.3 Å². The van der Waals surface area contributed by atoms with Crippen molar-refractivity contribution in [2.75, 3.05) is 12.3 Å². The highest BCUT2D eigenvalue weighted by molar-refractivity contribution is 6.00. The van der Waals surface area contributed by atoms with Gasteiger partial charge in [0.25, 0.3) is 0 Å². The number of anilines is 1. The molecule has 0 bridgehead atoms. The fourth-order valence-corrected chi connectivity index (χ4v) is 2.88. The van der Waals surface area contributed by atoms with Crippen LogP contribution in [0.15, 0.2) is 42.5 Å². The van der Waals surface area contributed by atoms with Gasteiger partial charge in [0, 0.05) is 19.4 Å². The highest BCUT2D eigenvalue weighted by Crippen LogP contribution is 2.44. The molecule has 0 spiro atoms. The van der Waals surface area contributed by atoms with Crippen molar-refractivity contribution in [1.82, 2.24) is 4.73 Å². The molecule has 0 amide bonds. The van der Waals surface area contributed by atoms with Crippen molar-refractivity contribution in [3.8, 4) is 22.8 Å². The van der Waals surface area contributed by atoms with Crippen molar-refractivity contribution in [3.05, 3.63) is 47.7 Å². The number of carbonyl (C=O) groups is 2. The van der Waals surface area contributed by atoms with E-state index in [0.717, 1.165) is 4.73 Å². The monoisotopic (exact) mass is 385 g/mol. The molecule has 0 aliphatic carbocycles. The Balaban J connectivity index is 2.45. The van der Waals surface area contributed by atoms with Gasteiger partial charge in [-0.15, -0.1) is 0 Å². The third-order valence-corrected chi connectivity index (χ3v) is 3.90. The summed E-state index contributed by atoms with van der Waals surface area (Å²) in [5.74, 6) is -1.06. The van der Waals surface area contributed by atoms with Gasteiger partial charge in [0.2, 0.25) is 0 Å². The van der Waals surface area contributed by atoms with Gasteiger partial charge < -0.3 is 24.7 Å². The molecule has 3 rings (SSSR count). The van der Waals surface area contributed by atoms with Crippen LogP contribution in [0.25, 0.3) is 22.2 Å². The van der Waals surface area contributed by atoms with Crippen LogP contribution in [0.5, 0.6) is 11.5 Å². The normalized spacial score (nSPS) is 10.6. The summed E-state index contributed by atoms with van der Waals surface area (Å²) in [5, 5.41) is 20.9. The Morgan fingerprint density at radius 1 is 1.11 bits per heavy atom. The Morgan fingerprint density at radius 2 is 1.79 bits per heavy atom. The number of nitrogens with zero attached hydrogens (tertiary/aromatic N) is 2. The molecule has 0 radical (unpaired) electrons. The summed E-state index contributed by atoms with van der Waals surface area (Å²) in [7, 11) is 1.32. The Labute approximate surface area is 159 Å². The molecule has 0 fully saturated rings. The zero-order valence-electron chi connectivity index (χ0n) is 15.3. The van der Waals surface area contributed by atoms with E-state index in [-0.39, 0.29) is 33.6 Å². The summed E-state index contributed by atoms with van der Waals surface area (Å²) < 4.78 is 11.7. The van der Waals surface area contributed by atoms with Crippen LogP contribution in [0.2, 0.25) is 0 Å². The predicted molar refractivity (Wildman–Crippen MR) is 100 cm³/mol. The molecule has 0 unspecified atom stereocenters. The van der Waals surface area contributed by atoms with Gasteiger partial charge in [-0.2, -0.15) is 4.73 Å². The molecule has 9 heteroatoms. The van der Waals surface area contributed by atoms with Crippen LogP contribution in [-0.2, 0) is 9.59 Å². The number of esters is 1. The van der Waals surface area contributed by atoms with E-state index in [0.29, 0.717) is 10.9 Å². The first-order chi connectivity index (χ1) is 13.3. The lowest BCUT2D eigenvalue weighted by Crippen LogP contribution is -2.18. The van der Waals surface area contributed by atoms with Crippen molar-refractivity contribution >= 4 is 28.5 Å². The molecule has 1 aromatic heterocycles. The molecule has 1 heterocycles. The average Bonchev–Trinajstić information content (AvgIpc) is 2.92. The molecular formula is C19H17N2O7-. The van der Waals surface area contributed by atoms with Crippen LogP contribution in [0, 0.1) is 5.21 Å². The SMILES string of the molecule is COc1cc2c(OC(C)=O)c(-c3ccccc3)n(OC(C)=O)c2cc1N([O-])O. The van der Waals surface area contributed by atoms with E-state index in [2.05, 4.69) is 0 Å². The van der Waals surface area contributed by atoms with E-state index in [1.165, 1.54) is 33.1 Å². The van der Waals surface area contributed by atoms with E-state index in [9.17, 15) is 20.0 Å². The summed E-state index contributed by atoms with van der Waals surface area (Å²) in [6.45, 7) is 2.45. The summed E-state index contributed by atoms with van der Waals surface area (Å²) in [4.78, 5) is 28.8. The van der Waals surface area contributed by atoms with Crippen molar-refractivity contribution in [3.63, 3.8) is 0 Å². The lowest BCUT2D eigenvalue weighted by Gasteiger charge is -2.24. The van der Waals surface area contributed by atoms with E-state index < -0.39 is 11.9 Å². The molecule has 0 aliphatic heterocycles. The highest BCUT2D eigenvalue weighted by atomic mass is 16.8. The standard InChI is InChI=1S/C19H17N2O7/c1-11(22)27-19-14-9-17(26-3)16(21(24)25)10-15(14)20(28-12(2)23)18(19)13-7-5-4-6-8-13/h4-10,24H,1-3H3/q-1. The number of benzene rings is 2. The van der Waals surface area contributed by atoms with Gasteiger partial charge in [0.05, 0.1) is 23.7 Å². The molecule has 28 heavy (non-hydrogen) atoms. The largest absolute Gasteiger partial charge is 0.733 e. The van der Waals surface area contributed by atoms with Crippen LogP contribution in [0.3, 0.4) is 0 Å². The van der Waals surface area contributed by atoms with Crippen molar-refractivity contribution in [2.45, 2.75) is 13.8 Å². The first kappa shape index (κ1) is 19.2. The average molecular weight is 385 g/mol. The van der Waals surface area contributed by atoms with Gasteiger partial charge in [0.15, 0.2) is 5.75 Å². The van der Waals surface area contributed by atoms with Crippen LogP contribution in [0.1, 0.15) is 13.8 Å². The second kappa shape index (κ2) is 7.59. The van der Waals surface area contributed by atoms with Gasteiger partial charge in [-0.05, 0) is 12.1 Å². The minimum absolute atomic E-state index is 0.0398. The Bertz CT molecular complexity index is 1040. The summed E-state index contributed by atoms with van der Waals surface area (Å²) in [5.41, 5.74) is 0.890. The smallest absolute Gasteiger partial charge is 0.329 e. The fourth-order valence-electron chi connectivity index (χ4n) is 2.88. The van der Waals surface area contributed by atoms with E-state index in [4.69, 9.17) is 14.3 Å². The number of carbonyl (C=O) groups excluding carboxylic acids is 2. The third kappa shape index (κ3) is 3.48. The minimum atomic E-state index is -0.635. The molecular weight excluding hydrogens is 368 g/mol. The maximum absolute atomic E-state index is 11.7. The van der Waals surface area contributed by atoms with E-state index >= 15 is 0 Å². The molecule has 0 saturated heterocycles. The van der Waals surface area contributed by atoms with Gasteiger partial charge in [0.1, 0.15) is 11.4 Å². The first-order valence-corrected chi connectivity index (χ1v) is 8.18. The fraction of sp³-hybridized carbons (Fsp3) is 0.158. The summed E-state index contributed by atoms with van der Waals surface area (Å²) >= 11 is 0. The Morgan fingerprint density at radius 3 is 2.32 bits per heavy atom. The maximum atomic E-state index is 11.7. The number of methoxy groups -OCH3 is 1. The van der Waals surface area contributed by atoms with Crippen LogP contribution in [-0.4, -0.2) is 29.0 Å². The number of rotatable bonds is 5. The molecule has 9 nitrogen and oxygen atoms in total. The molecule has 1 N–H and O–H groups in total. The number of ether oxygens (including phenoxy) is 2. The molecule has 3 aromatic rings. The zero-order chi connectivity index (χ0) is 20.4. The number of hydrogen-bond donors (Lipinski definition) is 1. The highest BCUT2D eigenvalue weighted by Gasteiger charge is 2.25. The molecule has 0 aliphatic rings. The quantitative estimate of drug-likeness (QED) is 0.527. The van der Waals surface area contributed by atoms with Crippen molar-refractivity contribution in [1.29, 1.82) is 0 Å². The third-order valence-electron chi connectivity index (χ3n) is 3.90. The topological polar surface area (TPSA) is 113 Å². The second-order valence-corrected chi connectivity index (χ2v) is 5.83.